The molecule has 0 unspecified atom stereocenters. The van der Waals surface area contributed by atoms with Crippen LogP contribution in [0, 0.1) is 0 Å². The van der Waals surface area contributed by atoms with Crippen LogP contribution in [0.4, 0.5) is 11.4 Å². The fourth-order valence-corrected chi connectivity index (χ4v) is 3.13. The molecule has 1 aliphatic heterocycles. The van der Waals surface area contributed by atoms with E-state index in [4.69, 9.17) is 12.2 Å². The Labute approximate surface area is 142 Å². The van der Waals surface area contributed by atoms with E-state index in [9.17, 15) is 0 Å². The molecular weight excluding hydrogens is 304 g/mol. The standard InChI is InChI=1S/C18H22N4S/c1-14(20-18(23)21-16-5-4-10-19-13-16)15-6-8-17(9-7-15)22-11-2-3-12-22/h4-10,13-14H,2-3,11-12H2,1H3,(H2,20,21,23)/t14-/m0/s1. The highest BCUT2D eigenvalue weighted by Gasteiger charge is 2.13. The Morgan fingerprint density at radius 1 is 1.17 bits per heavy atom. The SMILES string of the molecule is C[C@H](NC(=S)Nc1cccnc1)c1ccc(N2CCCC2)cc1. The molecule has 0 spiro atoms. The first-order valence-electron chi connectivity index (χ1n) is 8.05. The molecular formula is C18H22N4S. The van der Waals surface area contributed by atoms with Gasteiger partial charge >= 0.3 is 0 Å². The van der Waals surface area contributed by atoms with E-state index in [1.165, 1.54) is 37.2 Å². The van der Waals surface area contributed by atoms with Gasteiger partial charge in [0.15, 0.2) is 5.11 Å². The molecule has 1 aromatic heterocycles. The molecule has 1 atom stereocenters. The summed E-state index contributed by atoms with van der Waals surface area (Å²) in [6.07, 6.45) is 6.09. The maximum absolute atomic E-state index is 5.37. The minimum atomic E-state index is 0.152. The first kappa shape index (κ1) is 15.7. The molecule has 0 amide bonds. The molecule has 5 heteroatoms. The summed E-state index contributed by atoms with van der Waals surface area (Å²) in [4.78, 5) is 6.51. The molecule has 1 fully saturated rings. The molecule has 1 aliphatic rings. The molecule has 1 saturated heterocycles. The lowest BCUT2D eigenvalue weighted by molar-refractivity contribution is 0.722. The highest BCUT2D eigenvalue weighted by atomic mass is 32.1. The molecule has 1 aromatic carbocycles. The van der Waals surface area contributed by atoms with Crippen molar-refractivity contribution in [2.45, 2.75) is 25.8 Å². The van der Waals surface area contributed by atoms with Gasteiger partial charge < -0.3 is 15.5 Å². The summed E-state index contributed by atoms with van der Waals surface area (Å²) in [5.41, 5.74) is 3.43. The largest absolute Gasteiger partial charge is 0.372 e. The Kier molecular flexibility index (Phi) is 5.08. The number of anilines is 2. The molecule has 3 rings (SSSR count). The number of benzene rings is 1. The van der Waals surface area contributed by atoms with Crippen molar-refractivity contribution >= 4 is 28.7 Å². The predicted molar refractivity (Wildman–Crippen MR) is 99.9 cm³/mol. The second-order valence-corrected chi connectivity index (χ2v) is 6.26. The molecule has 0 radical (unpaired) electrons. The van der Waals surface area contributed by atoms with Crippen molar-refractivity contribution in [3.8, 4) is 0 Å². The van der Waals surface area contributed by atoms with Crippen LogP contribution in [0.1, 0.15) is 31.4 Å². The van der Waals surface area contributed by atoms with Crippen molar-refractivity contribution in [2.75, 3.05) is 23.3 Å². The van der Waals surface area contributed by atoms with Gasteiger partial charge in [0.05, 0.1) is 17.9 Å². The van der Waals surface area contributed by atoms with Crippen LogP contribution in [-0.2, 0) is 0 Å². The molecule has 0 aliphatic carbocycles. The van der Waals surface area contributed by atoms with Crippen LogP contribution in [0.15, 0.2) is 48.8 Å². The van der Waals surface area contributed by atoms with Gasteiger partial charge in [0.25, 0.3) is 0 Å². The third-order valence-electron chi connectivity index (χ3n) is 4.13. The minimum absolute atomic E-state index is 0.152. The first-order chi connectivity index (χ1) is 11.2. The monoisotopic (exact) mass is 326 g/mol. The summed E-state index contributed by atoms with van der Waals surface area (Å²) >= 11 is 5.37. The Morgan fingerprint density at radius 3 is 2.57 bits per heavy atom. The van der Waals surface area contributed by atoms with Crippen LogP contribution in [0.2, 0.25) is 0 Å². The lowest BCUT2D eigenvalue weighted by Gasteiger charge is -2.20. The summed E-state index contributed by atoms with van der Waals surface area (Å²) in [5.74, 6) is 0. The van der Waals surface area contributed by atoms with Gasteiger partial charge in [-0.05, 0) is 61.8 Å². The number of nitrogens with zero attached hydrogens (tertiary/aromatic N) is 2. The number of pyridine rings is 1. The van der Waals surface area contributed by atoms with E-state index in [0.29, 0.717) is 5.11 Å². The van der Waals surface area contributed by atoms with E-state index in [1.54, 1.807) is 12.4 Å². The van der Waals surface area contributed by atoms with Crippen molar-refractivity contribution in [2.24, 2.45) is 0 Å². The van der Waals surface area contributed by atoms with Crippen LogP contribution in [-0.4, -0.2) is 23.2 Å². The second-order valence-electron chi connectivity index (χ2n) is 5.85. The summed E-state index contributed by atoms with van der Waals surface area (Å²) < 4.78 is 0. The smallest absolute Gasteiger partial charge is 0.171 e. The molecule has 2 N–H and O–H groups in total. The van der Waals surface area contributed by atoms with Gasteiger partial charge in [-0.3, -0.25) is 4.98 Å². The molecule has 0 saturated carbocycles. The maximum atomic E-state index is 5.37. The van der Waals surface area contributed by atoms with Crippen molar-refractivity contribution in [1.29, 1.82) is 0 Å². The van der Waals surface area contributed by atoms with Crippen LogP contribution in [0.3, 0.4) is 0 Å². The lowest BCUT2D eigenvalue weighted by atomic mass is 10.1. The van der Waals surface area contributed by atoms with Gasteiger partial charge in [-0.1, -0.05) is 12.1 Å². The highest BCUT2D eigenvalue weighted by molar-refractivity contribution is 7.80. The summed E-state index contributed by atoms with van der Waals surface area (Å²) in [5, 5.41) is 7.07. The Morgan fingerprint density at radius 2 is 1.91 bits per heavy atom. The van der Waals surface area contributed by atoms with Gasteiger partial charge in [-0.25, -0.2) is 0 Å². The first-order valence-corrected chi connectivity index (χ1v) is 8.45. The van der Waals surface area contributed by atoms with Gasteiger partial charge in [-0.15, -0.1) is 0 Å². The zero-order chi connectivity index (χ0) is 16.1. The number of hydrogen-bond donors (Lipinski definition) is 2. The Bertz CT molecular complexity index is 636. The maximum Gasteiger partial charge on any atom is 0.171 e. The zero-order valence-electron chi connectivity index (χ0n) is 13.3. The molecule has 4 nitrogen and oxygen atoms in total. The average molecular weight is 326 g/mol. The van der Waals surface area contributed by atoms with E-state index >= 15 is 0 Å². The molecule has 23 heavy (non-hydrogen) atoms. The van der Waals surface area contributed by atoms with Crippen molar-refractivity contribution in [3.63, 3.8) is 0 Å². The number of thiocarbonyl (C=S) groups is 1. The van der Waals surface area contributed by atoms with Crippen LogP contribution in [0.25, 0.3) is 0 Å². The zero-order valence-corrected chi connectivity index (χ0v) is 14.1. The number of rotatable bonds is 4. The fourth-order valence-electron chi connectivity index (χ4n) is 2.83. The van der Waals surface area contributed by atoms with Crippen molar-refractivity contribution < 1.29 is 0 Å². The second kappa shape index (κ2) is 7.42. The number of aromatic nitrogens is 1. The van der Waals surface area contributed by atoms with E-state index in [0.717, 1.165) is 5.69 Å². The highest BCUT2D eigenvalue weighted by Crippen LogP contribution is 2.22. The average Bonchev–Trinajstić information content (AvgIpc) is 3.10. The number of hydrogen-bond acceptors (Lipinski definition) is 3. The molecule has 2 aromatic rings. The fraction of sp³-hybridized carbons (Fsp3) is 0.333. The van der Waals surface area contributed by atoms with Gasteiger partial charge in [0.2, 0.25) is 0 Å². The topological polar surface area (TPSA) is 40.2 Å². The Hall–Kier alpha value is -2.14. The summed E-state index contributed by atoms with van der Waals surface area (Å²) in [7, 11) is 0. The Balaban J connectivity index is 1.57. The summed E-state index contributed by atoms with van der Waals surface area (Å²) in [6.45, 7) is 4.46. The van der Waals surface area contributed by atoms with Crippen LogP contribution in [0.5, 0.6) is 0 Å². The number of nitrogens with one attached hydrogen (secondary N) is 2. The van der Waals surface area contributed by atoms with Gasteiger partial charge in [-0.2, -0.15) is 0 Å². The third-order valence-corrected chi connectivity index (χ3v) is 4.35. The third kappa shape index (κ3) is 4.20. The molecule has 2 heterocycles. The normalized spacial score (nSPS) is 15.3. The van der Waals surface area contributed by atoms with E-state index < -0.39 is 0 Å². The molecule has 120 valence electrons. The van der Waals surface area contributed by atoms with Gasteiger partial charge in [0.1, 0.15) is 0 Å². The minimum Gasteiger partial charge on any atom is -0.372 e. The van der Waals surface area contributed by atoms with Gasteiger partial charge in [0, 0.05) is 25.0 Å². The van der Waals surface area contributed by atoms with Crippen molar-refractivity contribution in [3.05, 3.63) is 54.4 Å². The van der Waals surface area contributed by atoms with E-state index in [1.807, 2.05) is 12.1 Å². The van der Waals surface area contributed by atoms with Crippen molar-refractivity contribution in [1.82, 2.24) is 10.3 Å². The lowest BCUT2D eigenvalue weighted by Crippen LogP contribution is -2.30. The van der Waals surface area contributed by atoms with E-state index in [-0.39, 0.29) is 6.04 Å². The quantitative estimate of drug-likeness (QED) is 0.838. The van der Waals surface area contributed by atoms with Crippen LogP contribution >= 0.6 is 12.2 Å². The predicted octanol–water partition coefficient (Wildman–Crippen LogP) is 3.73. The molecule has 0 bridgehead atoms. The van der Waals surface area contributed by atoms with Crippen LogP contribution < -0.4 is 15.5 Å². The van der Waals surface area contributed by atoms with E-state index in [2.05, 4.69) is 51.7 Å². The summed E-state index contributed by atoms with van der Waals surface area (Å²) in [6, 6.07) is 12.7.